The summed E-state index contributed by atoms with van der Waals surface area (Å²) < 4.78 is 0. The molecule has 0 heterocycles. The van der Waals surface area contributed by atoms with E-state index in [-0.39, 0.29) is 18.1 Å². The molecule has 24 heavy (non-hydrogen) atoms. The van der Waals surface area contributed by atoms with Crippen molar-refractivity contribution in [1.82, 2.24) is 5.32 Å². The quantitative estimate of drug-likeness (QED) is 0.480. The number of nitrogens with two attached hydrogens (primary N) is 1. The van der Waals surface area contributed by atoms with Crippen molar-refractivity contribution in [2.24, 2.45) is 5.73 Å². The van der Waals surface area contributed by atoms with Crippen LogP contribution in [0.4, 0.5) is 5.69 Å². The number of nitro benzene ring substituents is 1. The lowest BCUT2D eigenvalue weighted by Gasteiger charge is -2.04. The number of hydrogen-bond acceptors (Lipinski definition) is 4. The lowest BCUT2D eigenvalue weighted by Crippen LogP contribution is -2.20. The number of nitro groups is 1. The second-order valence-corrected chi connectivity index (χ2v) is 4.97. The number of hydrogen-bond donors (Lipinski definition) is 2. The van der Waals surface area contributed by atoms with Gasteiger partial charge in [-0.05, 0) is 29.3 Å². The van der Waals surface area contributed by atoms with Crippen LogP contribution in [-0.4, -0.2) is 16.7 Å². The molecule has 7 nitrogen and oxygen atoms in total. The van der Waals surface area contributed by atoms with Crippen molar-refractivity contribution >= 4 is 23.6 Å². The number of carbonyl (C=O) groups is 2. The maximum atomic E-state index is 11.8. The Bertz CT molecular complexity index is 815. The third kappa shape index (κ3) is 4.77. The van der Waals surface area contributed by atoms with E-state index < -0.39 is 10.8 Å². The molecule has 2 amide bonds. The van der Waals surface area contributed by atoms with Crippen LogP contribution in [-0.2, 0) is 11.3 Å². The first-order valence-corrected chi connectivity index (χ1v) is 7.05. The maximum absolute atomic E-state index is 11.8. The zero-order valence-electron chi connectivity index (χ0n) is 12.6. The first kappa shape index (κ1) is 16.9. The Hall–Kier alpha value is -3.48. The Labute approximate surface area is 137 Å². The molecule has 2 rings (SSSR count). The Morgan fingerprint density at radius 3 is 2.62 bits per heavy atom. The monoisotopic (exact) mass is 325 g/mol. The zero-order chi connectivity index (χ0) is 17.5. The van der Waals surface area contributed by atoms with Crippen molar-refractivity contribution in [3.8, 4) is 0 Å². The highest BCUT2D eigenvalue weighted by molar-refractivity contribution is 5.93. The first-order chi connectivity index (χ1) is 11.5. The van der Waals surface area contributed by atoms with Gasteiger partial charge < -0.3 is 11.1 Å². The van der Waals surface area contributed by atoms with Crippen LogP contribution >= 0.6 is 0 Å². The predicted octanol–water partition coefficient (Wildman–Crippen LogP) is 2.02. The largest absolute Gasteiger partial charge is 0.366 e. The lowest BCUT2D eigenvalue weighted by atomic mass is 10.1. The minimum Gasteiger partial charge on any atom is -0.366 e. The van der Waals surface area contributed by atoms with Gasteiger partial charge in [0.05, 0.1) is 4.92 Å². The van der Waals surface area contributed by atoms with Gasteiger partial charge in [-0.1, -0.05) is 24.3 Å². The van der Waals surface area contributed by atoms with Crippen LogP contribution in [0.25, 0.3) is 6.08 Å². The number of nitrogens with one attached hydrogen (secondary N) is 1. The summed E-state index contributed by atoms with van der Waals surface area (Å²) in [6.07, 6.45) is 2.78. The molecular weight excluding hydrogens is 310 g/mol. The van der Waals surface area contributed by atoms with Crippen LogP contribution in [0.2, 0.25) is 0 Å². The molecule has 0 fully saturated rings. The van der Waals surface area contributed by atoms with Gasteiger partial charge in [0.1, 0.15) is 0 Å². The van der Waals surface area contributed by atoms with Crippen molar-refractivity contribution in [3.05, 3.63) is 81.4 Å². The van der Waals surface area contributed by atoms with Crippen molar-refractivity contribution < 1.29 is 14.5 Å². The molecule has 0 saturated carbocycles. The molecule has 0 atom stereocenters. The Morgan fingerprint density at radius 1 is 1.17 bits per heavy atom. The van der Waals surface area contributed by atoms with Crippen molar-refractivity contribution in [1.29, 1.82) is 0 Å². The average molecular weight is 325 g/mol. The summed E-state index contributed by atoms with van der Waals surface area (Å²) in [4.78, 5) is 33.1. The molecule has 2 aromatic carbocycles. The van der Waals surface area contributed by atoms with Crippen LogP contribution < -0.4 is 11.1 Å². The number of carbonyl (C=O) groups excluding carboxylic acids is 2. The summed E-state index contributed by atoms with van der Waals surface area (Å²) in [6.45, 7) is 0.235. The number of benzene rings is 2. The van der Waals surface area contributed by atoms with E-state index >= 15 is 0 Å². The average Bonchev–Trinajstić information content (AvgIpc) is 2.58. The summed E-state index contributed by atoms with van der Waals surface area (Å²) in [5.74, 6) is -0.889. The van der Waals surface area contributed by atoms with E-state index in [0.29, 0.717) is 11.1 Å². The molecule has 0 saturated heterocycles. The summed E-state index contributed by atoms with van der Waals surface area (Å²) in [7, 11) is 0. The fourth-order valence-electron chi connectivity index (χ4n) is 2.00. The second-order valence-electron chi connectivity index (χ2n) is 4.97. The normalized spacial score (nSPS) is 10.5. The van der Waals surface area contributed by atoms with Gasteiger partial charge >= 0.3 is 0 Å². The molecule has 2 aromatic rings. The number of amides is 2. The van der Waals surface area contributed by atoms with Gasteiger partial charge in [0, 0.05) is 30.3 Å². The summed E-state index contributed by atoms with van der Waals surface area (Å²) in [6, 6.07) is 12.6. The van der Waals surface area contributed by atoms with E-state index in [1.54, 1.807) is 36.4 Å². The van der Waals surface area contributed by atoms with Gasteiger partial charge in [0.2, 0.25) is 11.8 Å². The number of primary amides is 1. The Balaban J connectivity index is 1.96. The number of rotatable bonds is 6. The lowest BCUT2D eigenvalue weighted by molar-refractivity contribution is -0.384. The zero-order valence-corrected chi connectivity index (χ0v) is 12.6. The van der Waals surface area contributed by atoms with Crippen LogP contribution in [0.5, 0.6) is 0 Å². The van der Waals surface area contributed by atoms with Crippen molar-refractivity contribution in [3.63, 3.8) is 0 Å². The fourth-order valence-corrected chi connectivity index (χ4v) is 2.00. The highest BCUT2D eigenvalue weighted by Gasteiger charge is 2.05. The molecule has 0 spiro atoms. The number of nitrogens with zero attached hydrogens (tertiary/aromatic N) is 1. The topological polar surface area (TPSA) is 115 Å². The van der Waals surface area contributed by atoms with Crippen LogP contribution in [0.1, 0.15) is 21.5 Å². The molecule has 0 unspecified atom stereocenters. The van der Waals surface area contributed by atoms with E-state index in [1.807, 2.05) is 0 Å². The van der Waals surface area contributed by atoms with Crippen molar-refractivity contribution in [2.45, 2.75) is 6.54 Å². The van der Waals surface area contributed by atoms with Crippen LogP contribution in [0.15, 0.2) is 54.6 Å². The standard InChI is InChI=1S/C17H15N3O4/c18-17(22)14-5-1-4-13(9-14)11-19-16(21)8-7-12-3-2-6-15(10-12)20(23)24/h1-10H,11H2,(H2,18,22)(H,19,21)/b8-7+. The van der Waals surface area contributed by atoms with Gasteiger partial charge in [-0.15, -0.1) is 0 Å². The van der Waals surface area contributed by atoms with Crippen LogP contribution in [0.3, 0.4) is 0 Å². The van der Waals surface area contributed by atoms with Crippen LogP contribution in [0, 0.1) is 10.1 Å². The van der Waals surface area contributed by atoms with E-state index in [0.717, 1.165) is 5.56 Å². The molecule has 7 heteroatoms. The molecule has 122 valence electrons. The molecule has 3 N–H and O–H groups in total. The fraction of sp³-hybridized carbons (Fsp3) is 0.0588. The molecule has 0 aliphatic rings. The SMILES string of the molecule is NC(=O)c1cccc(CNC(=O)/C=C/c2cccc([N+](=O)[O-])c2)c1. The van der Waals surface area contributed by atoms with Gasteiger partial charge in [-0.2, -0.15) is 0 Å². The van der Waals surface area contributed by atoms with Gasteiger partial charge in [0.25, 0.3) is 5.69 Å². The van der Waals surface area contributed by atoms with E-state index in [4.69, 9.17) is 5.73 Å². The third-order valence-electron chi connectivity index (χ3n) is 3.19. The molecular formula is C17H15N3O4. The minimum absolute atomic E-state index is 0.0409. The molecule has 0 bridgehead atoms. The van der Waals surface area contributed by atoms with Gasteiger partial charge in [0.15, 0.2) is 0 Å². The third-order valence-corrected chi connectivity index (χ3v) is 3.19. The smallest absolute Gasteiger partial charge is 0.270 e. The summed E-state index contributed by atoms with van der Waals surface area (Å²) in [5.41, 5.74) is 6.82. The van der Waals surface area contributed by atoms with E-state index in [2.05, 4.69) is 5.32 Å². The molecule has 0 aliphatic heterocycles. The maximum Gasteiger partial charge on any atom is 0.270 e. The highest BCUT2D eigenvalue weighted by Crippen LogP contribution is 2.14. The van der Waals surface area contributed by atoms with Gasteiger partial charge in [-0.25, -0.2) is 0 Å². The summed E-state index contributed by atoms with van der Waals surface area (Å²) in [5, 5.41) is 13.4. The molecule has 0 radical (unpaired) electrons. The Kier molecular flexibility index (Phi) is 5.40. The number of non-ortho nitro benzene ring substituents is 1. The van der Waals surface area contributed by atoms with E-state index in [1.165, 1.54) is 24.3 Å². The minimum atomic E-state index is -0.534. The molecule has 0 aliphatic carbocycles. The Morgan fingerprint density at radius 2 is 1.92 bits per heavy atom. The first-order valence-electron chi connectivity index (χ1n) is 7.05. The van der Waals surface area contributed by atoms with E-state index in [9.17, 15) is 19.7 Å². The highest BCUT2D eigenvalue weighted by atomic mass is 16.6. The summed E-state index contributed by atoms with van der Waals surface area (Å²) >= 11 is 0. The second kappa shape index (κ2) is 7.68. The van der Waals surface area contributed by atoms with Gasteiger partial charge in [-0.3, -0.25) is 19.7 Å². The van der Waals surface area contributed by atoms with Crippen molar-refractivity contribution in [2.75, 3.05) is 0 Å². The molecule has 0 aromatic heterocycles. The predicted molar refractivity (Wildman–Crippen MR) is 88.9 cm³/mol.